The number of ether oxygens (including phenoxy) is 1. The van der Waals surface area contributed by atoms with E-state index in [0.717, 1.165) is 35.9 Å². The fourth-order valence-electron chi connectivity index (χ4n) is 3.90. The first-order valence-electron chi connectivity index (χ1n) is 12.9. The molecule has 3 rings (SSSR count). The fraction of sp³-hybridized carbons (Fsp3) is 0.393. The van der Waals surface area contributed by atoms with E-state index in [1.165, 1.54) is 39.9 Å². The number of esters is 1. The summed E-state index contributed by atoms with van der Waals surface area (Å²) in [5.74, 6) is -0.900. The van der Waals surface area contributed by atoms with Crippen molar-refractivity contribution in [2.45, 2.75) is 57.9 Å². The van der Waals surface area contributed by atoms with Gasteiger partial charge < -0.3 is 9.30 Å². The number of benzene rings is 2. The number of rotatable bonds is 13. The third-order valence-corrected chi connectivity index (χ3v) is 8.92. The minimum atomic E-state index is -3.65. The Bertz CT molecular complexity index is 1450. The summed E-state index contributed by atoms with van der Waals surface area (Å²) in [5, 5.41) is 0. The number of allylic oxidation sites excluding steroid dienone is 1. The van der Waals surface area contributed by atoms with Crippen LogP contribution in [0.1, 0.15) is 67.2 Å². The molecule has 2 aromatic carbocycles. The summed E-state index contributed by atoms with van der Waals surface area (Å²) in [4.78, 5) is 30.1. The molecule has 0 aliphatic rings. The molecule has 0 atom stereocenters. The SMILES string of the molecule is C=CCn1c(=NC(=O)c2ccc(S(=O)(=O)N(CCCC)CCCC)cc2)sc2cc(C(=O)OCC)ccc21. The van der Waals surface area contributed by atoms with E-state index in [-0.39, 0.29) is 17.1 Å². The van der Waals surface area contributed by atoms with Crippen LogP contribution < -0.4 is 4.80 Å². The summed E-state index contributed by atoms with van der Waals surface area (Å²) in [6.45, 7) is 11.3. The minimum Gasteiger partial charge on any atom is -0.462 e. The quantitative estimate of drug-likeness (QED) is 0.207. The van der Waals surface area contributed by atoms with Crippen molar-refractivity contribution in [3.8, 4) is 0 Å². The van der Waals surface area contributed by atoms with Gasteiger partial charge in [-0.3, -0.25) is 4.79 Å². The molecule has 0 radical (unpaired) electrons. The van der Waals surface area contributed by atoms with E-state index in [9.17, 15) is 18.0 Å². The molecule has 0 aliphatic heterocycles. The number of hydrogen-bond donors (Lipinski definition) is 0. The lowest BCUT2D eigenvalue weighted by Gasteiger charge is -2.22. The Hall–Kier alpha value is -3.08. The molecular formula is C28H35N3O5S2. The average Bonchev–Trinajstić information content (AvgIpc) is 3.24. The van der Waals surface area contributed by atoms with Gasteiger partial charge in [0, 0.05) is 25.2 Å². The van der Waals surface area contributed by atoms with Crippen molar-refractivity contribution < 1.29 is 22.7 Å². The van der Waals surface area contributed by atoms with Crippen molar-refractivity contribution in [1.29, 1.82) is 0 Å². The highest BCUT2D eigenvalue weighted by Gasteiger charge is 2.24. The van der Waals surface area contributed by atoms with Crippen molar-refractivity contribution in [1.82, 2.24) is 8.87 Å². The first-order chi connectivity index (χ1) is 18.3. The van der Waals surface area contributed by atoms with Gasteiger partial charge >= 0.3 is 5.97 Å². The summed E-state index contributed by atoms with van der Waals surface area (Å²) in [6.07, 6.45) is 5.10. The number of nitrogens with zero attached hydrogens (tertiary/aromatic N) is 3. The molecule has 1 heterocycles. The second-order valence-corrected chi connectivity index (χ2v) is 11.7. The number of thiazole rings is 1. The molecule has 0 saturated heterocycles. The van der Waals surface area contributed by atoms with Crippen LogP contribution in [0.25, 0.3) is 10.2 Å². The van der Waals surface area contributed by atoms with Gasteiger partial charge in [-0.1, -0.05) is 44.1 Å². The summed E-state index contributed by atoms with van der Waals surface area (Å²) in [7, 11) is -3.65. The molecule has 1 aromatic heterocycles. The normalized spacial score (nSPS) is 12.3. The van der Waals surface area contributed by atoms with Gasteiger partial charge in [-0.2, -0.15) is 9.30 Å². The molecule has 0 saturated carbocycles. The van der Waals surface area contributed by atoms with Crippen LogP contribution in [-0.2, 0) is 21.3 Å². The summed E-state index contributed by atoms with van der Waals surface area (Å²) in [5.41, 5.74) is 1.52. The maximum absolute atomic E-state index is 13.2. The van der Waals surface area contributed by atoms with Crippen LogP contribution in [-0.4, -0.2) is 48.9 Å². The highest BCUT2D eigenvalue weighted by Crippen LogP contribution is 2.21. The minimum absolute atomic E-state index is 0.163. The van der Waals surface area contributed by atoms with E-state index < -0.39 is 21.9 Å². The third kappa shape index (κ3) is 6.86. The predicted octanol–water partition coefficient (Wildman–Crippen LogP) is 5.40. The van der Waals surface area contributed by atoms with Gasteiger partial charge in [0.1, 0.15) is 0 Å². The maximum atomic E-state index is 13.2. The van der Waals surface area contributed by atoms with Gasteiger partial charge in [0.15, 0.2) is 4.80 Å². The molecule has 0 spiro atoms. The number of fused-ring (bicyclic) bond motifs is 1. The van der Waals surface area contributed by atoms with Gasteiger partial charge in [-0.05, 0) is 62.2 Å². The molecule has 0 N–H and O–H groups in total. The topological polar surface area (TPSA) is 98.0 Å². The monoisotopic (exact) mass is 557 g/mol. The highest BCUT2D eigenvalue weighted by atomic mass is 32.2. The van der Waals surface area contributed by atoms with Crippen molar-refractivity contribution >= 4 is 43.5 Å². The zero-order chi connectivity index (χ0) is 27.7. The van der Waals surface area contributed by atoms with Gasteiger partial charge in [-0.25, -0.2) is 13.2 Å². The van der Waals surface area contributed by atoms with Gasteiger partial charge in [-0.15, -0.1) is 6.58 Å². The molecule has 10 heteroatoms. The van der Waals surface area contributed by atoms with Crippen molar-refractivity contribution in [2.75, 3.05) is 19.7 Å². The number of amides is 1. The number of aromatic nitrogens is 1. The second-order valence-electron chi connectivity index (χ2n) is 8.74. The highest BCUT2D eigenvalue weighted by molar-refractivity contribution is 7.89. The van der Waals surface area contributed by atoms with E-state index >= 15 is 0 Å². The van der Waals surface area contributed by atoms with E-state index in [4.69, 9.17) is 4.74 Å². The van der Waals surface area contributed by atoms with Crippen molar-refractivity contribution in [3.05, 3.63) is 71.0 Å². The molecule has 0 fully saturated rings. The molecule has 3 aromatic rings. The van der Waals surface area contributed by atoms with E-state index in [2.05, 4.69) is 11.6 Å². The van der Waals surface area contributed by atoms with E-state index in [1.54, 1.807) is 31.2 Å². The largest absolute Gasteiger partial charge is 0.462 e. The Morgan fingerprint density at radius 3 is 2.24 bits per heavy atom. The van der Waals surface area contributed by atoms with Gasteiger partial charge in [0.25, 0.3) is 5.91 Å². The Balaban J connectivity index is 1.93. The Morgan fingerprint density at radius 1 is 1.03 bits per heavy atom. The summed E-state index contributed by atoms with van der Waals surface area (Å²) < 4.78 is 35.7. The Morgan fingerprint density at radius 2 is 1.66 bits per heavy atom. The fourth-order valence-corrected chi connectivity index (χ4v) is 6.49. The molecule has 0 aliphatic carbocycles. The summed E-state index contributed by atoms with van der Waals surface area (Å²) in [6, 6.07) is 11.1. The molecule has 1 amide bonds. The molecule has 0 bridgehead atoms. The van der Waals surface area contributed by atoms with Crippen LogP contribution in [0.3, 0.4) is 0 Å². The van der Waals surface area contributed by atoms with Crippen LogP contribution in [0.15, 0.2) is 65.0 Å². The van der Waals surface area contributed by atoms with Crippen LogP contribution in [0.4, 0.5) is 0 Å². The first-order valence-corrected chi connectivity index (χ1v) is 15.1. The Kier molecular flexibility index (Phi) is 10.6. The number of carbonyl (C=O) groups is 2. The Labute approximate surface area is 228 Å². The van der Waals surface area contributed by atoms with Crippen LogP contribution in [0.2, 0.25) is 0 Å². The van der Waals surface area contributed by atoms with Crippen LogP contribution >= 0.6 is 11.3 Å². The van der Waals surface area contributed by atoms with E-state index in [0.29, 0.717) is 30.0 Å². The molecule has 204 valence electrons. The molecule has 38 heavy (non-hydrogen) atoms. The number of carbonyl (C=O) groups excluding carboxylic acids is 2. The number of unbranched alkanes of at least 4 members (excludes halogenated alkanes) is 2. The van der Waals surface area contributed by atoms with Crippen LogP contribution in [0.5, 0.6) is 0 Å². The predicted molar refractivity (Wildman–Crippen MR) is 151 cm³/mol. The van der Waals surface area contributed by atoms with E-state index in [1.807, 2.05) is 18.4 Å². The third-order valence-electron chi connectivity index (χ3n) is 5.96. The molecule has 0 unspecified atom stereocenters. The lowest BCUT2D eigenvalue weighted by atomic mass is 10.2. The number of hydrogen-bond acceptors (Lipinski definition) is 6. The zero-order valence-corrected chi connectivity index (χ0v) is 23.8. The van der Waals surface area contributed by atoms with Gasteiger partial charge in [0.2, 0.25) is 10.0 Å². The van der Waals surface area contributed by atoms with Crippen LogP contribution in [0, 0.1) is 0 Å². The lowest BCUT2D eigenvalue weighted by Crippen LogP contribution is -2.33. The van der Waals surface area contributed by atoms with Crippen molar-refractivity contribution in [2.24, 2.45) is 4.99 Å². The van der Waals surface area contributed by atoms with Crippen molar-refractivity contribution in [3.63, 3.8) is 0 Å². The second kappa shape index (κ2) is 13.6. The standard InChI is InChI=1S/C28H35N3O5S2/c1-5-9-18-30(19-10-6-2)38(34,35)23-14-11-21(12-15-23)26(32)29-28-31(17-7-3)24-16-13-22(20-25(24)37-28)27(33)36-8-4/h7,11-16,20H,3,5-6,8-10,17-19H2,1-2,4H3. The number of sulfonamides is 1. The lowest BCUT2D eigenvalue weighted by molar-refractivity contribution is 0.0526. The maximum Gasteiger partial charge on any atom is 0.338 e. The summed E-state index contributed by atoms with van der Waals surface area (Å²) >= 11 is 1.28. The molecular weight excluding hydrogens is 522 g/mol. The van der Waals surface area contributed by atoms with Gasteiger partial charge in [0.05, 0.1) is 27.3 Å². The molecule has 8 nitrogen and oxygen atoms in total. The average molecular weight is 558 g/mol. The zero-order valence-electron chi connectivity index (χ0n) is 22.2. The smallest absolute Gasteiger partial charge is 0.338 e. The first kappa shape index (κ1) is 29.5.